The Morgan fingerprint density at radius 1 is 1.28 bits per heavy atom. The Balaban J connectivity index is 1.48. The van der Waals surface area contributed by atoms with Crippen LogP contribution in [0.2, 0.25) is 0 Å². The van der Waals surface area contributed by atoms with Crippen LogP contribution in [0.1, 0.15) is 39.5 Å². The summed E-state index contributed by atoms with van der Waals surface area (Å²) in [5.41, 5.74) is -0.920. The number of hydrogen-bond acceptors (Lipinski definition) is 5. The first-order valence-electron chi connectivity index (χ1n) is 8.88. The molecule has 1 saturated carbocycles. The first-order chi connectivity index (χ1) is 11.8. The second-order valence-corrected chi connectivity index (χ2v) is 7.55. The Bertz CT molecular complexity index is 603. The number of rotatable bonds is 5. The van der Waals surface area contributed by atoms with E-state index in [4.69, 9.17) is 4.74 Å². The number of hydrogen-bond donors (Lipinski definition) is 1. The molecule has 0 aromatic carbocycles. The van der Waals surface area contributed by atoms with Gasteiger partial charge in [-0.2, -0.15) is 0 Å². The maximum Gasteiger partial charge on any atom is 0.326 e. The van der Waals surface area contributed by atoms with Crippen molar-refractivity contribution in [1.29, 1.82) is 0 Å². The van der Waals surface area contributed by atoms with Crippen LogP contribution < -0.4 is 5.32 Å². The van der Waals surface area contributed by atoms with Gasteiger partial charge in [-0.05, 0) is 44.4 Å². The van der Waals surface area contributed by atoms with E-state index in [0.717, 1.165) is 30.6 Å². The molecule has 1 N–H and O–H groups in total. The SMILES string of the molecule is CC1CCCN(C(=O)COC(=O)CN2C(=O)NC(C)(C3CC3)C2=O)C1. The lowest BCUT2D eigenvalue weighted by atomic mass is 9.96. The van der Waals surface area contributed by atoms with E-state index in [9.17, 15) is 19.2 Å². The van der Waals surface area contributed by atoms with E-state index < -0.39 is 30.0 Å². The average molecular weight is 351 g/mol. The predicted molar refractivity (Wildman–Crippen MR) is 87.3 cm³/mol. The van der Waals surface area contributed by atoms with E-state index in [1.807, 2.05) is 0 Å². The molecule has 8 heteroatoms. The number of carbonyl (C=O) groups is 4. The third-order valence-electron chi connectivity index (χ3n) is 5.35. The molecule has 0 aromatic heterocycles. The second-order valence-electron chi connectivity index (χ2n) is 7.55. The number of imide groups is 1. The lowest BCUT2D eigenvalue weighted by molar-refractivity contribution is -0.154. The Hall–Kier alpha value is -2.12. The van der Waals surface area contributed by atoms with Crippen molar-refractivity contribution < 1.29 is 23.9 Å². The molecule has 3 aliphatic rings. The third kappa shape index (κ3) is 3.62. The van der Waals surface area contributed by atoms with Crippen LogP contribution >= 0.6 is 0 Å². The van der Waals surface area contributed by atoms with Crippen molar-refractivity contribution in [2.45, 2.75) is 45.1 Å². The number of urea groups is 1. The van der Waals surface area contributed by atoms with E-state index >= 15 is 0 Å². The molecule has 0 bridgehead atoms. The highest BCUT2D eigenvalue weighted by atomic mass is 16.5. The number of piperidine rings is 1. The summed E-state index contributed by atoms with van der Waals surface area (Å²) in [7, 11) is 0. The highest BCUT2D eigenvalue weighted by molar-refractivity contribution is 6.08. The van der Waals surface area contributed by atoms with Gasteiger partial charge in [-0.25, -0.2) is 4.79 Å². The molecule has 2 atom stereocenters. The normalized spacial score (nSPS) is 29.6. The van der Waals surface area contributed by atoms with Crippen LogP contribution in [0.4, 0.5) is 4.79 Å². The smallest absolute Gasteiger partial charge is 0.326 e. The van der Waals surface area contributed by atoms with E-state index in [2.05, 4.69) is 12.2 Å². The van der Waals surface area contributed by atoms with Crippen molar-refractivity contribution in [2.75, 3.05) is 26.2 Å². The van der Waals surface area contributed by atoms with Gasteiger partial charge < -0.3 is 15.0 Å². The monoisotopic (exact) mass is 351 g/mol. The number of carbonyl (C=O) groups excluding carboxylic acids is 4. The van der Waals surface area contributed by atoms with Gasteiger partial charge in [0.15, 0.2) is 6.61 Å². The zero-order chi connectivity index (χ0) is 18.2. The van der Waals surface area contributed by atoms with E-state index in [1.54, 1.807) is 11.8 Å². The zero-order valence-corrected chi connectivity index (χ0v) is 14.7. The summed E-state index contributed by atoms with van der Waals surface area (Å²) < 4.78 is 4.99. The van der Waals surface area contributed by atoms with E-state index in [1.165, 1.54) is 0 Å². The van der Waals surface area contributed by atoms with Gasteiger partial charge in [0.05, 0.1) is 0 Å². The summed E-state index contributed by atoms with van der Waals surface area (Å²) in [6.45, 7) is 4.31. The van der Waals surface area contributed by atoms with Crippen LogP contribution in [0.15, 0.2) is 0 Å². The van der Waals surface area contributed by atoms with Crippen molar-refractivity contribution in [3.05, 3.63) is 0 Å². The molecule has 0 radical (unpaired) electrons. The number of amides is 4. The average Bonchev–Trinajstić information content (AvgIpc) is 3.39. The molecular weight excluding hydrogens is 326 g/mol. The minimum absolute atomic E-state index is 0.132. The fraction of sp³-hybridized carbons (Fsp3) is 0.765. The molecule has 2 saturated heterocycles. The Morgan fingerprint density at radius 3 is 2.64 bits per heavy atom. The molecule has 2 unspecified atom stereocenters. The van der Waals surface area contributed by atoms with Gasteiger partial charge in [-0.1, -0.05) is 6.92 Å². The molecule has 3 rings (SSSR count). The molecule has 4 amide bonds. The summed E-state index contributed by atoms with van der Waals surface area (Å²) in [4.78, 5) is 51.1. The Kier molecular flexibility index (Phi) is 4.71. The zero-order valence-electron chi connectivity index (χ0n) is 14.7. The number of likely N-dealkylation sites (tertiary alicyclic amines) is 1. The van der Waals surface area contributed by atoms with Crippen LogP contribution in [0.5, 0.6) is 0 Å². The number of esters is 1. The summed E-state index contributed by atoms with van der Waals surface area (Å²) >= 11 is 0. The molecular formula is C17H25N3O5. The van der Waals surface area contributed by atoms with Gasteiger partial charge in [-0.15, -0.1) is 0 Å². The van der Waals surface area contributed by atoms with Crippen molar-refractivity contribution in [3.8, 4) is 0 Å². The standard InChI is InChI=1S/C17H25N3O5/c1-11-4-3-7-19(8-11)13(21)10-25-14(22)9-20-15(23)17(2,12-5-6-12)18-16(20)24/h11-12H,3-10H2,1-2H3,(H,18,24). The fourth-order valence-electron chi connectivity index (χ4n) is 3.62. The molecule has 25 heavy (non-hydrogen) atoms. The van der Waals surface area contributed by atoms with Gasteiger partial charge in [0, 0.05) is 13.1 Å². The summed E-state index contributed by atoms with van der Waals surface area (Å²) in [6, 6.07) is -0.576. The molecule has 3 fully saturated rings. The van der Waals surface area contributed by atoms with Crippen LogP contribution in [-0.4, -0.2) is 65.4 Å². The molecule has 0 aromatic rings. The molecule has 8 nitrogen and oxygen atoms in total. The van der Waals surface area contributed by atoms with Gasteiger partial charge >= 0.3 is 12.0 Å². The quantitative estimate of drug-likeness (QED) is 0.575. The maximum atomic E-state index is 12.4. The highest BCUT2D eigenvalue weighted by Crippen LogP contribution is 2.42. The molecule has 1 aliphatic carbocycles. The molecule has 138 valence electrons. The number of nitrogens with one attached hydrogen (secondary N) is 1. The van der Waals surface area contributed by atoms with Crippen molar-refractivity contribution >= 4 is 23.8 Å². The van der Waals surface area contributed by atoms with E-state index in [0.29, 0.717) is 19.0 Å². The van der Waals surface area contributed by atoms with Crippen LogP contribution in [0.3, 0.4) is 0 Å². The highest BCUT2D eigenvalue weighted by Gasteiger charge is 2.56. The second kappa shape index (κ2) is 6.65. The Morgan fingerprint density at radius 2 is 2.00 bits per heavy atom. The largest absolute Gasteiger partial charge is 0.454 e. The predicted octanol–water partition coefficient (Wildman–Crippen LogP) is 0.509. The van der Waals surface area contributed by atoms with Gasteiger partial charge in [0.25, 0.3) is 11.8 Å². The van der Waals surface area contributed by atoms with Gasteiger partial charge in [-0.3, -0.25) is 19.3 Å². The lowest BCUT2D eigenvalue weighted by Gasteiger charge is -2.30. The summed E-state index contributed by atoms with van der Waals surface area (Å²) in [6.07, 6.45) is 3.83. The fourth-order valence-corrected chi connectivity index (χ4v) is 3.62. The summed E-state index contributed by atoms with van der Waals surface area (Å²) in [5, 5.41) is 2.67. The minimum Gasteiger partial charge on any atom is -0.454 e. The molecule has 0 spiro atoms. The van der Waals surface area contributed by atoms with Crippen LogP contribution in [0, 0.1) is 11.8 Å². The van der Waals surface area contributed by atoms with Gasteiger partial charge in [0.2, 0.25) is 0 Å². The van der Waals surface area contributed by atoms with Crippen molar-refractivity contribution in [2.24, 2.45) is 11.8 Å². The van der Waals surface area contributed by atoms with Crippen molar-refractivity contribution in [1.82, 2.24) is 15.1 Å². The molecule has 2 heterocycles. The third-order valence-corrected chi connectivity index (χ3v) is 5.35. The van der Waals surface area contributed by atoms with Crippen molar-refractivity contribution in [3.63, 3.8) is 0 Å². The number of nitrogens with zero attached hydrogens (tertiary/aromatic N) is 2. The Labute approximate surface area is 146 Å². The van der Waals surface area contributed by atoms with Gasteiger partial charge in [0.1, 0.15) is 12.1 Å². The topological polar surface area (TPSA) is 96.0 Å². The lowest BCUT2D eigenvalue weighted by Crippen LogP contribution is -2.46. The first kappa shape index (κ1) is 17.7. The van der Waals surface area contributed by atoms with Crippen LogP contribution in [-0.2, 0) is 19.1 Å². The summed E-state index contributed by atoms with van der Waals surface area (Å²) in [5.74, 6) is -0.804. The number of ether oxygens (including phenoxy) is 1. The first-order valence-corrected chi connectivity index (χ1v) is 8.88. The minimum atomic E-state index is -0.920. The van der Waals surface area contributed by atoms with E-state index in [-0.39, 0.29) is 18.4 Å². The maximum absolute atomic E-state index is 12.4. The molecule has 2 aliphatic heterocycles. The van der Waals surface area contributed by atoms with Crippen LogP contribution in [0.25, 0.3) is 0 Å².